The topological polar surface area (TPSA) is 76.1 Å². The molecule has 0 atom stereocenters. The monoisotopic (exact) mass is 238 g/mol. The minimum absolute atomic E-state index is 0.0212. The van der Waals surface area contributed by atoms with E-state index in [-0.39, 0.29) is 12.0 Å². The third-order valence-corrected chi connectivity index (χ3v) is 1.90. The highest BCUT2D eigenvalue weighted by Crippen LogP contribution is 2.09. The fraction of sp³-hybridized carbons (Fsp3) is 0.545. The van der Waals surface area contributed by atoms with Gasteiger partial charge in [-0.15, -0.1) is 0 Å². The van der Waals surface area contributed by atoms with Gasteiger partial charge in [-0.25, -0.2) is 4.98 Å². The van der Waals surface area contributed by atoms with Gasteiger partial charge in [0.15, 0.2) is 0 Å². The first kappa shape index (κ1) is 13.2. The molecule has 1 rings (SSSR count). The standard InChI is InChI=1S/C11H18N4O2/c1-8(2)17-10-5-7-14-11(15-10)13-6-4-9(16)12-3/h5,7-8H,4,6H2,1-3H3,(H,12,16)(H,13,14,15). The van der Waals surface area contributed by atoms with E-state index in [1.54, 1.807) is 19.3 Å². The largest absolute Gasteiger partial charge is 0.475 e. The van der Waals surface area contributed by atoms with Crippen LogP contribution in [0.2, 0.25) is 0 Å². The van der Waals surface area contributed by atoms with Crippen LogP contribution in [0.4, 0.5) is 5.95 Å². The zero-order valence-corrected chi connectivity index (χ0v) is 10.4. The summed E-state index contributed by atoms with van der Waals surface area (Å²) in [5, 5.41) is 5.50. The quantitative estimate of drug-likeness (QED) is 0.767. The third-order valence-electron chi connectivity index (χ3n) is 1.90. The molecule has 0 aliphatic carbocycles. The van der Waals surface area contributed by atoms with Crippen molar-refractivity contribution in [1.82, 2.24) is 15.3 Å². The van der Waals surface area contributed by atoms with E-state index in [1.807, 2.05) is 13.8 Å². The Morgan fingerprint density at radius 3 is 2.94 bits per heavy atom. The number of carbonyl (C=O) groups is 1. The lowest BCUT2D eigenvalue weighted by atomic mass is 10.4. The Morgan fingerprint density at radius 2 is 2.29 bits per heavy atom. The second kappa shape index (κ2) is 6.67. The van der Waals surface area contributed by atoms with E-state index in [0.717, 1.165) is 0 Å². The molecule has 0 aliphatic heterocycles. The van der Waals surface area contributed by atoms with Crippen LogP contribution in [0.15, 0.2) is 12.3 Å². The highest BCUT2D eigenvalue weighted by molar-refractivity contribution is 5.75. The van der Waals surface area contributed by atoms with Gasteiger partial charge in [0.2, 0.25) is 17.7 Å². The van der Waals surface area contributed by atoms with Gasteiger partial charge in [0.1, 0.15) is 0 Å². The van der Waals surface area contributed by atoms with E-state index in [1.165, 1.54) is 0 Å². The average molecular weight is 238 g/mol. The molecule has 2 N–H and O–H groups in total. The normalized spacial score (nSPS) is 10.1. The number of nitrogens with zero attached hydrogens (tertiary/aromatic N) is 2. The maximum Gasteiger partial charge on any atom is 0.225 e. The molecule has 0 aromatic carbocycles. The summed E-state index contributed by atoms with van der Waals surface area (Å²) in [4.78, 5) is 19.2. The van der Waals surface area contributed by atoms with Gasteiger partial charge in [-0.3, -0.25) is 4.79 Å². The molecule has 0 unspecified atom stereocenters. The van der Waals surface area contributed by atoms with Crippen LogP contribution in [0.1, 0.15) is 20.3 Å². The molecule has 0 saturated carbocycles. The smallest absolute Gasteiger partial charge is 0.225 e. The van der Waals surface area contributed by atoms with E-state index in [0.29, 0.717) is 24.8 Å². The lowest BCUT2D eigenvalue weighted by Gasteiger charge is -2.09. The summed E-state index contributed by atoms with van der Waals surface area (Å²) in [5.74, 6) is 0.969. The zero-order valence-electron chi connectivity index (χ0n) is 10.4. The van der Waals surface area contributed by atoms with E-state index in [2.05, 4.69) is 20.6 Å². The van der Waals surface area contributed by atoms with E-state index in [4.69, 9.17) is 4.74 Å². The Morgan fingerprint density at radius 1 is 1.53 bits per heavy atom. The molecule has 0 fully saturated rings. The fourth-order valence-corrected chi connectivity index (χ4v) is 1.15. The molecule has 0 saturated heterocycles. The number of ether oxygens (including phenoxy) is 1. The minimum atomic E-state index is -0.0212. The predicted octanol–water partition coefficient (Wildman–Crippen LogP) is 0.812. The summed E-state index contributed by atoms with van der Waals surface area (Å²) in [6.45, 7) is 4.35. The molecule has 0 radical (unpaired) electrons. The first-order valence-corrected chi connectivity index (χ1v) is 5.56. The number of aromatic nitrogens is 2. The maximum absolute atomic E-state index is 11.0. The summed E-state index contributed by atoms with van der Waals surface area (Å²) in [7, 11) is 1.61. The first-order chi connectivity index (χ1) is 8.11. The molecular weight excluding hydrogens is 220 g/mol. The van der Waals surface area contributed by atoms with Gasteiger partial charge in [-0.2, -0.15) is 4.98 Å². The van der Waals surface area contributed by atoms with Crippen molar-refractivity contribution in [2.45, 2.75) is 26.4 Å². The first-order valence-electron chi connectivity index (χ1n) is 5.56. The maximum atomic E-state index is 11.0. The molecule has 94 valence electrons. The number of nitrogens with one attached hydrogen (secondary N) is 2. The van der Waals surface area contributed by atoms with E-state index >= 15 is 0 Å². The fourth-order valence-electron chi connectivity index (χ4n) is 1.15. The lowest BCUT2D eigenvalue weighted by Crippen LogP contribution is -2.21. The number of anilines is 1. The molecule has 0 bridgehead atoms. The van der Waals surface area contributed by atoms with Crippen molar-refractivity contribution >= 4 is 11.9 Å². The molecule has 17 heavy (non-hydrogen) atoms. The summed E-state index contributed by atoms with van der Waals surface area (Å²) in [5.41, 5.74) is 0. The van der Waals surface area contributed by atoms with Crippen molar-refractivity contribution in [3.05, 3.63) is 12.3 Å². The molecule has 1 heterocycles. The molecule has 6 heteroatoms. The molecule has 1 amide bonds. The second-order valence-corrected chi connectivity index (χ2v) is 3.74. The average Bonchev–Trinajstić information content (AvgIpc) is 2.28. The van der Waals surface area contributed by atoms with Gasteiger partial charge in [-0.1, -0.05) is 0 Å². The van der Waals surface area contributed by atoms with Gasteiger partial charge in [0, 0.05) is 32.3 Å². The number of carbonyl (C=O) groups excluding carboxylic acids is 1. The highest BCUT2D eigenvalue weighted by Gasteiger charge is 2.03. The Kier molecular flexibility index (Phi) is 5.19. The van der Waals surface area contributed by atoms with E-state index < -0.39 is 0 Å². The minimum Gasteiger partial charge on any atom is -0.475 e. The van der Waals surface area contributed by atoms with Crippen LogP contribution < -0.4 is 15.4 Å². The summed E-state index contributed by atoms with van der Waals surface area (Å²) in [6, 6.07) is 1.70. The predicted molar refractivity (Wildman–Crippen MR) is 65.0 cm³/mol. The van der Waals surface area contributed by atoms with Gasteiger partial charge in [0.05, 0.1) is 6.10 Å². The van der Waals surface area contributed by atoms with Gasteiger partial charge in [0.25, 0.3) is 0 Å². The number of hydrogen-bond acceptors (Lipinski definition) is 5. The lowest BCUT2D eigenvalue weighted by molar-refractivity contribution is -0.120. The van der Waals surface area contributed by atoms with Crippen LogP contribution in [-0.2, 0) is 4.79 Å². The van der Waals surface area contributed by atoms with Gasteiger partial charge < -0.3 is 15.4 Å². The van der Waals surface area contributed by atoms with Crippen LogP contribution in [0.5, 0.6) is 5.88 Å². The molecule has 6 nitrogen and oxygen atoms in total. The van der Waals surface area contributed by atoms with Crippen molar-refractivity contribution in [3.63, 3.8) is 0 Å². The zero-order chi connectivity index (χ0) is 12.7. The summed E-state index contributed by atoms with van der Waals surface area (Å²) in [6.07, 6.45) is 2.07. The Labute approximate surface area is 101 Å². The van der Waals surface area contributed by atoms with E-state index in [9.17, 15) is 4.79 Å². The van der Waals surface area contributed by atoms with Crippen LogP contribution in [-0.4, -0.2) is 35.6 Å². The van der Waals surface area contributed by atoms with Gasteiger partial charge in [-0.05, 0) is 13.8 Å². The van der Waals surface area contributed by atoms with Crippen LogP contribution in [0.3, 0.4) is 0 Å². The number of amides is 1. The van der Waals surface area contributed by atoms with Crippen LogP contribution >= 0.6 is 0 Å². The van der Waals surface area contributed by atoms with Gasteiger partial charge >= 0.3 is 0 Å². The Bertz CT molecular complexity index is 368. The third kappa shape index (κ3) is 5.14. The van der Waals surface area contributed by atoms with Crippen molar-refractivity contribution in [1.29, 1.82) is 0 Å². The van der Waals surface area contributed by atoms with Crippen molar-refractivity contribution in [3.8, 4) is 5.88 Å². The van der Waals surface area contributed by atoms with Crippen LogP contribution in [0, 0.1) is 0 Å². The SMILES string of the molecule is CNC(=O)CCNc1nccc(OC(C)C)n1. The van der Waals surface area contributed by atoms with Crippen molar-refractivity contribution in [2.75, 3.05) is 18.9 Å². The Balaban J connectivity index is 2.45. The molecule has 1 aromatic rings. The molecular formula is C11H18N4O2. The molecule has 0 spiro atoms. The number of hydrogen-bond donors (Lipinski definition) is 2. The summed E-state index contributed by atoms with van der Waals surface area (Å²) >= 11 is 0. The van der Waals surface area contributed by atoms with Crippen molar-refractivity contribution in [2.24, 2.45) is 0 Å². The number of rotatable bonds is 6. The van der Waals surface area contributed by atoms with Crippen molar-refractivity contribution < 1.29 is 9.53 Å². The molecule has 1 aromatic heterocycles. The Hall–Kier alpha value is -1.85. The highest BCUT2D eigenvalue weighted by atomic mass is 16.5. The molecule has 0 aliphatic rings. The second-order valence-electron chi connectivity index (χ2n) is 3.74. The summed E-state index contributed by atoms with van der Waals surface area (Å²) < 4.78 is 5.43. The van der Waals surface area contributed by atoms with Crippen LogP contribution in [0.25, 0.3) is 0 Å².